The molecular formula is C13H15N5O4S. The molecule has 1 saturated heterocycles. The molecule has 1 aliphatic rings. The minimum atomic E-state index is -0.490. The lowest BCUT2D eigenvalue weighted by Gasteiger charge is -2.34. The molecule has 2 aromatic heterocycles. The number of urea groups is 1. The lowest BCUT2D eigenvalue weighted by Crippen LogP contribution is -2.46. The number of aromatic amines is 1. The molecule has 3 heterocycles. The number of hydrogen-bond acceptors (Lipinski definition) is 7. The molecule has 0 bridgehead atoms. The topological polar surface area (TPSA) is 109 Å². The number of methoxy groups -OCH3 is 1. The predicted molar refractivity (Wildman–Crippen MR) is 81.3 cm³/mol. The van der Waals surface area contributed by atoms with Crippen LogP contribution in [0.15, 0.2) is 17.1 Å². The lowest BCUT2D eigenvalue weighted by molar-refractivity contribution is 0.0118. The molecule has 0 aromatic carbocycles. The van der Waals surface area contributed by atoms with E-state index >= 15 is 0 Å². The third-order valence-electron chi connectivity index (χ3n) is 3.45. The molecule has 122 valence electrons. The number of carbonyl (C=O) groups is 2. The van der Waals surface area contributed by atoms with Crippen LogP contribution < -0.4 is 5.32 Å². The molecule has 1 atom stereocenters. The normalized spacial score (nSPS) is 17.8. The number of rotatable bonds is 3. The van der Waals surface area contributed by atoms with Crippen LogP contribution in [0.1, 0.15) is 22.2 Å². The van der Waals surface area contributed by atoms with Crippen LogP contribution in [0.2, 0.25) is 0 Å². The quantitative estimate of drug-likeness (QED) is 0.816. The van der Waals surface area contributed by atoms with E-state index in [4.69, 9.17) is 9.47 Å². The Morgan fingerprint density at radius 2 is 2.39 bits per heavy atom. The van der Waals surface area contributed by atoms with Gasteiger partial charge in [0, 0.05) is 17.3 Å². The van der Waals surface area contributed by atoms with E-state index in [1.165, 1.54) is 24.8 Å². The van der Waals surface area contributed by atoms with Gasteiger partial charge in [0.05, 0.1) is 31.6 Å². The number of esters is 1. The van der Waals surface area contributed by atoms with Crippen LogP contribution in [0, 0.1) is 0 Å². The Hall–Kier alpha value is -2.46. The van der Waals surface area contributed by atoms with E-state index in [0.717, 1.165) is 0 Å². The zero-order valence-electron chi connectivity index (χ0n) is 12.3. The number of carbonyl (C=O) groups excluding carboxylic acids is 2. The molecule has 1 fully saturated rings. The highest BCUT2D eigenvalue weighted by Crippen LogP contribution is 2.25. The second-order valence-electron chi connectivity index (χ2n) is 4.78. The Morgan fingerprint density at radius 1 is 1.52 bits per heavy atom. The molecule has 0 aliphatic carbocycles. The average molecular weight is 337 g/mol. The number of nitrogens with zero attached hydrogens (tertiary/aromatic N) is 3. The summed E-state index contributed by atoms with van der Waals surface area (Å²) < 4.78 is 10.1. The average Bonchev–Trinajstić information content (AvgIpc) is 3.25. The number of thiophene rings is 1. The van der Waals surface area contributed by atoms with Crippen LogP contribution in [0.3, 0.4) is 0 Å². The summed E-state index contributed by atoms with van der Waals surface area (Å²) in [5, 5.41) is 12.6. The third kappa shape index (κ3) is 3.17. The highest BCUT2D eigenvalue weighted by atomic mass is 32.1. The molecule has 0 saturated carbocycles. The first-order valence-electron chi connectivity index (χ1n) is 6.86. The fourth-order valence-corrected chi connectivity index (χ4v) is 3.05. The summed E-state index contributed by atoms with van der Waals surface area (Å²) in [6, 6.07) is -0.690. The molecule has 0 radical (unpaired) electrons. The number of amides is 2. The smallest absolute Gasteiger partial charge is 0.340 e. The Labute approximate surface area is 135 Å². The summed E-state index contributed by atoms with van der Waals surface area (Å²) >= 11 is 1.31. The fraction of sp³-hybridized carbons (Fsp3) is 0.385. The minimum Gasteiger partial charge on any atom is -0.465 e. The summed E-state index contributed by atoms with van der Waals surface area (Å²) in [6.45, 7) is 1.18. The van der Waals surface area contributed by atoms with Crippen molar-refractivity contribution in [3.63, 3.8) is 0 Å². The SMILES string of the molecule is COC(=O)c1cscc1NC(=O)N1CCOC[C@@H]1c1ncn[nH]1. The maximum Gasteiger partial charge on any atom is 0.340 e. The van der Waals surface area contributed by atoms with Gasteiger partial charge in [-0.05, 0) is 0 Å². The second-order valence-corrected chi connectivity index (χ2v) is 5.52. The summed E-state index contributed by atoms with van der Waals surface area (Å²) in [6.07, 6.45) is 1.38. The standard InChI is InChI=1S/C13H15N5O4S/c1-21-12(19)8-5-23-6-9(8)16-13(20)18-2-3-22-4-10(18)11-14-7-15-17-11/h5-7,10H,2-4H2,1H3,(H,16,20)(H,14,15,17)/t10-/m1/s1. The van der Waals surface area contributed by atoms with Gasteiger partial charge in [0.2, 0.25) is 0 Å². The number of aromatic nitrogens is 3. The van der Waals surface area contributed by atoms with Crippen molar-refractivity contribution in [2.45, 2.75) is 6.04 Å². The van der Waals surface area contributed by atoms with E-state index in [1.807, 2.05) is 0 Å². The zero-order chi connectivity index (χ0) is 16.2. The van der Waals surface area contributed by atoms with Gasteiger partial charge in [-0.15, -0.1) is 11.3 Å². The maximum atomic E-state index is 12.6. The molecule has 0 spiro atoms. The van der Waals surface area contributed by atoms with E-state index < -0.39 is 5.97 Å². The van der Waals surface area contributed by atoms with Crippen molar-refractivity contribution < 1.29 is 19.1 Å². The van der Waals surface area contributed by atoms with Crippen LogP contribution >= 0.6 is 11.3 Å². The van der Waals surface area contributed by atoms with Gasteiger partial charge in [-0.2, -0.15) is 5.10 Å². The monoisotopic (exact) mass is 337 g/mol. The number of H-pyrrole nitrogens is 1. The van der Waals surface area contributed by atoms with Crippen molar-refractivity contribution in [1.29, 1.82) is 0 Å². The van der Waals surface area contributed by atoms with E-state index in [0.29, 0.717) is 36.8 Å². The molecule has 2 amide bonds. The van der Waals surface area contributed by atoms with Crippen molar-refractivity contribution in [2.75, 3.05) is 32.2 Å². The van der Waals surface area contributed by atoms with E-state index in [1.54, 1.807) is 15.7 Å². The molecule has 0 unspecified atom stereocenters. The summed E-state index contributed by atoms with van der Waals surface area (Å²) in [7, 11) is 1.30. The largest absolute Gasteiger partial charge is 0.465 e. The van der Waals surface area contributed by atoms with Crippen LogP contribution in [-0.4, -0.2) is 58.9 Å². The Balaban J connectivity index is 1.76. The van der Waals surface area contributed by atoms with E-state index in [9.17, 15) is 9.59 Å². The highest BCUT2D eigenvalue weighted by molar-refractivity contribution is 7.08. The van der Waals surface area contributed by atoms with Crippen molar-refractivity contribution in [3.05, 3.63) is 28.5 Å². The van der Waals surface area contributed by atoms with Gasteiger partial charge in [0.1, 0.15) is 18.2 Å². The molecule has 1 aliphatic heterocycles. The van der Waals surface area contributed by atoms with Crippen LogP contribution in [0.25, 0.3) is 0 Å². The van der Waals surface area contributed by atoms with Gasteiger partial charge in [-0.3, -0.25) is 5.10 Å². The number of hydrogen-bond donors (Lipinski definition) is 2. The molecule has 2 aromatic rings. The number of morpholine rings is 1. The van der Waals surface area contributed by atoms with Gasteiger partial charge < -0.3 is 19.7 Å². The zero-order valence-corrected chi connectivity index (χ0v) is 13.1. The first-order chi connectivity index (χ1) is 11.2. The number of ether oxygens (including phenoxy) is 2. The predicted octanol–water partition coefficient (Wildman–Crippen LogP) is 1.26. The first kappa shape index (κ1) is 15.4. The van der Waals surface area contributed by atoms with Crippen molar-refractivity contribution >= 4 is 29.0 Å². The van der Waals surface area contributed by atoms with Crippen LogP contribution in [0.4, 0.5) is 10.5 Å². The maximum absolute atomic E-state index is 12.6. The number of anilines is 1. The van der Waals surface area contributed by atoms with Gasteiger partial charge in [-0.25, -0.2) is 14.6 Å². The van der Waals surface area contributed by atoms with Crippen molar-refractivity contribution in [1.82, 2.24) is 20.1 Å². The van der Waals surface area contributed by atoms with Crippen molar-refractivity contribution in [2.24, 2.45) is 0 Å². The Bertz CT molecular complexity index is 686. The van der Waals surface area contributed by atoms with Gasteiger partial charge >= 0.3 is 12.0 Å². The van der Waals surface area contributed by atoms with Gasteiger partial charge in [-0.1, -0.05) is 0 Å². The Kier molecular flexibility index (Phi) is 4.53. The van der Waals surface area contributed by atoms with E-state index in [2.05, 4.69) is 20.5 Å². The minimum absolute atomic E-state index is 0.329. The van der Waals surface area contributed by atoms with Crippen molar-refractivity contribution in [3.8, 4) is 0 Å². The Morgan fingerprint density at radius 3 is 3.13 bits per heavy atom. The lowest BCUT2D eigenvalue weighted by atomic mass is 10.2. The molecule has 2 N–H and O–H groups in total. The number of nitrogens with one attached hydrogen (secondary N) is 2. The highest BCUT2D eigenvalue weighted by Gasteiger charge is 2.31. The third-order valence-corrected chi connectivity index (χ3v) is 4.19. The summed E-state index contributed by atoms with van der Waals surface area (Å²) in [4.78, 5) is 30.0. The first-order valence-corrected chi connectivity index (χ1v) is 7.80. The molecule has 3 rings (SSSR count). The van der Waals surface area contributed by atoms with Crippen LogP contribution in [-0.2, 0) is 9.47 Å². The van der Waals surface area contributed by atoms with E-state index in [-0.39, 0.29) is 12.1 Å². The fourth-order valence-electron chi connectivity index (χ4n) is 2.30. The molecule has 10 heteroatoms. The summed E-state index contributed by atoms with van der Waals surface area (Å²) in [5.74, 6) is 0.0636. The summed E-state index contributed by atoms with van der Waals surface area (Å²) in [5.41, 5.74) is 0.755. The molecule has 9 nitrogen and oxygen atoms in total. The van der Waals surface area contributed by atoms with Gasteiger partial charge in [0.25, 0.3) is 0 Å². The molecule has 23 heavy (non-hydrogen) atoms. The van der Waals surface area contributed by atoms with Gasteiger partial charge in [0.15, 0.2) is 0 Å². The van der Waals surface area contributed by atoms with Crippen LogP contribution in [0.5, 0.6) is 0 Å². The molecular weight excluding hydrogens is 322 g/mol. The second kappa shape index (κ2) is 6.75.